The van der Waals surface area contributed by atoms with Crippen LogP contribution < -0.4 is 9.80 Å². The van der Waals surface area contributed by atoms with Gasteiger partial charge in [0.2, 0.25) is 11.8 Å². The van der Waals surface area contributed by atoms with Crippen molar-refractivity contribution in [2.75, 3.05) is 36.0 Å². The third kappa shape index (κ3) is 5.52. The summed E-state index contributed by atoms with van der Waals surface area (Å²) in [4.78, 5) is 44.6. The van der Waals surface area contributed by atoms with E-state index in [0.29, 0.717) is 37.0 Å². The zero-order chi connectivity index (χ0) is 24.9. The van der Waals surface area contributed by atoms with Crippen LogP contribution >= 0.6 is 11.3 Å². The van der Waals surface area contributed by atoms with Gasteiger partial charge >= 0.3 is 0 Å². The number of hydrogen-bond acceptors (Lipinski definition) is 7. The summed E-state index contributed by atoms with van der Waals surface area (Å²) in [6.07, 6.45) is 3.01. The van der Waals surface area contributed by atoms with Crippen molar-refractivity contribution in [3.05, 3.63) is 81.6 Å². The van der Waals surface area contributed by atoms with E-state index in [0.717, 1.165) is 5.69 Å². The van der Waals surface area contributed by atoms with Crippen LogP contribution in [0.4, 0.5) is 26.6 Å². The average molecular weight is 496 g/mol. The predicted molar refractivity (Wildman–Crippen MR) is 132 cm³/mol. The monoisotopic (exact) mass is 495 g/mol. The van der Waals surface area contributed by atoms with Crippen molar-refractivity contribution < 1.29 is 18.9 Å². The largest absolute Gasteiger partial charge is 0.368 e. The molecule has 0 radical (unpaired) electrons. The molecule has 4 rings (SSSR count). The number of carbonyl (C=O) groups excluding carboxylic acids is 2. The second-order valence-electron chi connectivity index (χ2n) is 7.78. The molecule has 0 atom stereocenters. The number of piperazine rings is 1. The Labute approximate surface area is 204 Å². The van der Waals surface area contributed by atoms with Crippen LogP contribution in [0.1, 0.15) is 12.6 Å². The maximum absolute atomic E-state index is 14.2. The SMILES string of the molecule is CC(=O)N(c1nc(/C=C/C(=O)N2CCN(c3ccc([N+](=O)[O-])cc3)CC2)cs1)c1ccccc1F. The molecule has 1 aromatic heterocycles. The summed E-state index contributed by atoms with van der Waals surface area (Å²) in [5, 5.41) is 12.8. The molecule has 2 heterocycles. The number of nitro groups is 1. The topological polar surface area (TPSA) is 99.9 Å². The van der Waals surface area contributed by atoms with Gasteiger partial charge in [-0.2, -0.15) is 0 Å². The van der Waals surface area contributed by atoms with E-state index in [2.05, 4.69) is 9.88 Å². The molecule has 0 unspecified atom stereocenters. The summed E-state index contributed by atoms with van der Waals surface area (Å²) in [5.74, 6) is -1.07. The molecule has 0 N–H and O–H groups in total. The molecular formula is C24H22FN5O4S. The Kier molecular flexibility index (Phi) is 7.16. The zero-order valence-electron chi connectivity index (χ0n) is 18.8. The van der Waals surface area contributed by atoms with Crippen LogP contribution in [0.25, 0.3) is 6.08 Å². The van der Waals surface area contributed by atoms with Crippen LogP contribution in [0.3, 0.4) is 0 Å². The number of thiazole rings is 1. The van der Waals surface area contributed by atoms with Crippen molar-refractivity contribution in [1.82, 2.24) is 9.88 Å². The molecule has 9 nitrogen and oxygen atoms in total. The number of para-hydroxylation sites is 1. The lowest BCUT2D eigenvalue weighted by molar-refractivity contribution is -0.384. The van der Waals surface area contributed by atoms with E-state index in [9.17, 15) is 24.1 Å². The quantitative estimate of drug-likeness (QED) is 0.288. The summed E-state index contributed by atoms with van der Waals surface area (Å²) in [6.45, 7) is 3.56. The lowest BCUT2D eigenvalue weighted by Crippen LogP contribution is -2.48. The maximum atomic E-state index is 14.2. The van der Waals surface area contributed by atoms with Gasteiger partial charge in [0, 0.05) is 62.4 Å². The first kappa shape index (κ1) is 24.0. The number of aromatic nitrogens is 1. The van der Waals surface area contributed by atoms with Crippen LogP contribution in [-0.4, -0.2) is 52.8 Å². The summed E-state index contributed by atoms with van der Waals surface area (Å²) in [7, 11) is 0. The summed E-state index contributed by atoms with van der Waals surface area (Å²) in [6, 6.07) is 12.3. The number of halogens is 1. The number of non-ortho nitro benzene ring substituents is 1. The van der Waals surface area contributed by atoms with E-state index >= 15 is 0 Å². The zero-order valence-corrected chi connectivity index (χ0v) is 19.7. The standard InChI is InChI=1S/C24H22FN5O4S/c1-17(31)29(22-5-3-2-4-21(22)25)24-26-18(16-35-24)6-11-23(32)28-14-12-27(13-15-28)19-7-9-20(10-8-19)30(33)34/h2-11,16H,12-15H2,1H3/b11-6+. The summed E-state index contributed by atoms with van der Waals surface area (Å²) >= 11 is 1.18. The number of hydrogen-bond donors (Lipinski definition) is 0. The van der Waals surface area contributed by atoms with Crippen molar-refractivity contribution in [2.45, 2.75) is 6.92 Å². The Morgan fingerprint density at radius 3 is 2.43 bits per heavy atom. The van der Waals surface area contributed by atoms with Crippen LogP contribution in [0.5, 0.6) is 0 Å². The van der Waals surface area contributed by atoms with Gasteiger partial charge in [0.05, 0.1) is 16.3 Å². The second kappa shape index (κ2) is 10.4. The van der Waals surface area contributed by atoms with Crippen LogP contribution in [0.2, 0.25) is 0 Å². The molecule has 11 heteroatoms. The normalized spacial score (nSPS) is 13.8. The van der Waals surface area contributed by atoms with E-state index in [-0.39, 0.29) is 23.2 Å². The van der Waals surface area contributed by atoms with E-state index in [1.165, 1.54) is 53.5 Å². The van der Waals surface area contributed by atoms with E-state index in [1.807, 2.05) is 0 Å². The minimum absolute atomic E-state index is 0.0400. The number of anilines is 3. The number of rotatable bonds is 6. The third-order valence-corrected chi connectivity index (χ3v) is 6.37. The minimum atomic E-state index is -0.530. The fourth-order valence-electron chi connectivity index (χ4n) is 3.73. The highest BCUT2D eigenvalue weighted by molar-refractivity contribution is 7.14. The lowest BCUT2D eigenvalue weighted by Gasteiger charge is -2.35. The molecule has 1 saturated heterocycles. The first-order valence-corrected chi connectivity index (χ1v) is 11.7. The van der Waals surface area contributed by atoms with Crippen molar-refractivity contribution in [2.24, 2.45) is 0 Å². The molecular weight excluding hydrogens is 473 g/mol. The van der Waals surface area contributed by atoms with Gasteiger partial charge < -0.3 is 9.80 Å². The predicted octanol–water partition coefficient (Wildman–Crippen LogP) is 4.24. The molecule has 35 heavy (non-hydrogen) atoms. The average Bonchev–Trinajstić information content (AvgIpc) is 3.32. The molecule has 2 aromatic carbocycles. The van der Waals surface area contributed by atoms with Crippen molar-refractivity contribution in [3.8, 4) is 0 Å². The van der Waals surface area contributed by atoms with Crippen LogP contribution in [0, 0.1) is 15.9 Å². The lowest BCUT2D eigenvalue weighted by atomic mass is 10.2. The smallest absolute Gasteiger partial charge is 0.269 e. The number of nitro benzene ring substituents is 1. The van der Waals surface area contributed by atoms with Crippen molar-refractivity contribution >= 4 is 51.4 Å². The van der Waals surface area contributed by atoms with Crippen LogP contribution in [0.15, 0.2) is 60.0 Å². The van der Waals surface area contributed by atoms with Gasteiger partial charge in [-0.3, -0.25) is 24.6 Å². The summed E-state index contributed by atoms with van der Waals surface area (Å²) in [5.41, 5.74) is 1.52. The molecule has 0 aliphatic carbocycles. The number of benzene rings is 2. The van der Waals surface area contributed by atoms with Gasteiger partial charge in [-0.1, -0.05) is 12.1 Å². The highest BCUT2D eigenvalue weighted by Crippen LogP contribution is 2.31. The molecule has 2 amide bonds. The third-order valence-electron chi connectivity index (χ3n) is 5.52. The van der Waals surface area contributed by atoms with Crippen molar-refractivity contribution in [1.29, 1.82) is 0 Å². The van der Waals surface area contributed by atoms with Gasteiger partial charge in [0.1, 0.15) is 5.82 Å². The molecule has 3 aromatic rings. The van der Waals surface area contributed by atoms with Gasteiger partial charge in [0.15, 0.2) is 5.13 Å². The number of carbonyl (C=O) groups is 2. The van der Waals surface area contributed by atoms with Crippen LogP contribution in [-0.2, 0) is 9.59 Å². The van der Waals surface area contributed by atoms with E-state index < -0.39 is 10.7 Å². The Balaban J connectivity index is 1.37. The first-order chi connectivity index (χ1) is 16.8. The molecule has 1 aliphatic heterocycles. The Morgan fingerprint density at radius 2 is 1.80 bits per heavy atom. The van der Waals surface area contributed by atoms with Gasteiger partial charge in [-0.15, -0.1) is 11.3 Å². The van der Waals surface area contributed by atoms with Gasteiger partial charge in [-0.25, -0.2) is 9.37 Å². The molecule has 180 valence electrons. The fraction of sp³-hybridized carbons (Fsp3) is 0.208. The van der Waals surface area contributed by atoms with Gasteiger partial charge in [0.25, 0.3) is 5.69 Å². The Bertz CT molecular complexity index is 1270. The minimum Gasteiger partial charge on any atom is -0.368 e. The van der Waals surface area contributed by atoms with Gasteiger partial charge in [-0.05, 0) is 30.3 Å². The fourth-order valence-corrected chi connectivity index (χ4v) is 4.58. The second-order valence-corrected chi connectivity index (χ2v) is 8.62. The number of amides is 2. The first-order valence-electron chi connectivity index (χ1n) is 10.8. The van der Waals surface area contributed by atoms with E-state index in [1.54, 1.807) is 40.6 Å². The van der Waals surface area contributed by atoms with Crippen molar-refractivity contribution in [3.63, 3.8) is 0 Å². The highest BCUT2D eigenvalue weighted by Gasteiger charge is 2.22. The maximum Gasteiger partial charge on any atom is 0.269 e. The highest BCUT2D eigenvalue weighted by atomic mass is 32.1. The van der Waals surface area contributed by atoms with E-state index in [4.69, 9.17) is 0 Å². The molecule has 0 bridgehead atoms. The molecule has 0 saturated carbocycles. The molecule has 1 fully saturated rings. The Morgan fingerprint density at radius 1 is 1.11 bits per heavy atom. The Hall–Kier alpha value is -4.12. The number of nitrogens with zero attached hydrogens (tertiary/aromatic N) is 5. The summed E-state index contributed by atoms with van der Waals surface area (Å²) < 4.78 is 14.2. The molecule has 0 spiro atoms. The molecule has 1 aliphatic rings.